The molecule has 0 aliphatic carbocycles. The number of carbonyl (C=O) groups is 1. The Bertz CT molecular complexity index is 708. The SMILES string of the molecule is CCOc1cc(NC(=O)NCCCc2ccccc2)cc(OCC)c1OCC. The summed E-state index contributed by atoms with van der Waals surface area (Å²) in [5.74, 6) is 1.66. The summed E-state index contributed by atoms with van der Waals surface area (Å²) in [5, 5.41) is 5.72. The Kier molecular flexibility index (Phi) is 8.98. The van der Waals surface area contributed by atoms with E-state index in [1.165, 1.54) is 5.56 Å². The minimum absolute atomic E-state index is 0.262. The Hall–Kier alpha value is -2.89. The van der Waals surface area contributed by atoms with Crippen molar-refractivity contribution in [3.05, 3.63) is 48.0 Å². The monoisotopic (exact) mass is 386 g/mol. The summed E-state index contributed by atoms with van der Waals surface area (Å²) < 4.78 is 17.0. The number of ether oxygens (including phenoxy) is 3. The third kappa shape index (κ3) is 6.68. The average Bonchev–Trinajstić information content (AvgIpc) is 2.69. The molecule has 0 aromatic heterocycles. The van der Waals surface area contributed by atoms with Gasteiger partial charge in [-0.3, -0.25) is 0 Å². The number of amides is 2. The van der Waals surface area contributed by atoms with Crippen LogP contribution in [0.3, 0.4) is 0 Å². The number of hydrogen-bond donors (Lipinski definition) is 2. The van der Waals surface area contributed by atoms with E-state index in [4.69, 9.17) is 14.2 Å². The Labute approximate surface area is 167 Å². The molecule has 28 heavy (non-hydrogen) atoms. The van der Waals surface area contributed by atoms with Gasteiger partial charge in [-0.15, -0.1) is 0 Å². The number of urea groups is 1. The van der Waals surface area contributed by atoms with Gasteiger partial charge in [-0.2, -0.15) is 0 Å². The minimum atomic E-state index is -0.262. The lowest BCUT2D eigenvalue weighted by Crippen LogP contribution is -2.29. The smallest absolute Gasteiger partial charge is 0.319 e. The van der Waals surface area contributed by atoms with E-state index in [0.717, 1.165) is 12.8 Å². The van der Waals surface area contributed by atoms with Gasteiger partial charge in [0.2, 0.25) is 5.75 Å². The second-order valence-corrected chi connectivity index (χ2v) is 6.07. The number of aryl methyl sites for hydroxylation is 1. The zero-order chi connectivity index (χ0) is 20.2. The highest BCUT2D eigenvalue weighted by Crippen LogP contribution is 2.40. The molecule has 6 nitrogen and oxygen atoms in total. The van der Waals surface area contributed by atoms with Crippen molar-refractivity contribution >= 4 is 11.7 Å². The van der Waals surface area contributed by atoms with Crippen LogP contribution in [0, 0.1) is 0 Å². The van der Waals surface area contributed by atoms with Crippen LogP contribution in [0.1, 0.15) is 32.8 Å². The van der Waals surface area contributed by atoms with Crippen molar-refractivity contribution in [3.8, 4) is 17.2 Å². The fraction of sp³-hybridized carbons (Fsp3) is 0.409. The van der Waals surface area contributed by atoms with Crippen LogP contribution in [0.15, 0.2) is 42.5 Å². The van der Waals surface area contributed by atoms with Crippen LogP contribution in [0.5, 0.6) is 17.2 Å². The zero-order valence-electron chi connectivity index (χ0n) is 16.9. The van der Waals surface area contributed by atoms with Crippen LogP contribution in [-0.2, 0) is 6.42 Å². The lowest BCUT2D eigenvalue weighted by atomic mass is 10.1. The Morgan fingerprint density at radius 2 is 1.50 bits per heavy atom. The fourth-order valence-corrected chi connectivity index (χ4v) is 2.78. The Balaban J connectivity index is 1.96. The van der Waals surface area contributed by atoms with Gasteiger partial charge in [0, 0.05) is 18.7 Å². The molecule has 6 heteroatoms. The lowest BCUT2D eigenvalue weighted by molar-refractivity contribution is 0.251. The largest absolute Gasteiger partial charge is 0.490 e. The van der Waals surface area contributed by atoms with Crippen molar-refractivity contribution in [1.82, 2.24) is 5.32 Å². The third-order valence-electron chi connectivity index (χ3n) is 3.94. The molecule has 0 atom stereocenters. The van der Waals surface area contributed by atoms with E-state index in [-0.39, 0.29) is 6.03 Å². The molecule has 0 saturated heterocycles. The van der Waals surface area contributed by atoms with Gasteiger partial charge in [0.05, 0.1) is 25.5 Å². The van der Waals surface area contributed by atoms with E-state index in [0.29, 0.717) is 49.3 Å². The molecule has 2 rings (SSSR count). The van der Waals surface area contributed by atoms with E-state index in [9.17, 15) is 4.79 Å². The van der Waals surface area contributed by atoms with E-state index in [1.807, 2.05) is 39.0 Å². The molecule has 0 aliphatic rings. The predicted octanol–water partition coefficient (Wildman–Crippen LogP) is 4.64. The van der Waals surface area contributed by atoms with Gasteiger partial charge in [-0.1, -0.05) is 30.3 Å². The summed E-state index contributed by atoms with van der Waals surface area (Å²) in [4.78, 5) is 12.2. The van der Waals surface area contributed by atoms with Crippen molar-refractivity contribution in [2.45, 2.75) is 33.6 Å². The third-order valence-corrected chi connectivity index (χ3v) is 3.94. The molecule has 2 aromatic rings. The van der Waals surface area contributed by atoms with Gasteiger partial charge >= 0.3 is 6.03 Å². The second-order valence-electron chi connectivity index (χ2n) is 6.07. The summed E-state index contributed by atoms with van der Waals surface area (Å²) in [5.41, 5.74) is 1.86. The van der Waals surface area contributed by atoms with Gasteiger partial charge in [0.25, 0.3) is 0 Å². The number of benzene rings is 2. The van der Waals surface area contributed by atoms with Crippen LogP contribution >= 0.6 is 0 Å². The molecular weight excluding hydrogens is 356 g/mol. The maximum atomic E-state index is 12.2. The summed E-state index contributed by atoms with van der Waals surface area (Å²) in [6.07, 6.45) is 1.79. The topological polar surface area (TPSA) is 68.8 Å². The summed E-state index contributed by atoms with van der Waals surface area (Å²) in [6, 6.07) is 13.5. The van der Waals surface area contributed by atoms with Crippen LogP contribution in [0.25, 0.3) is 0 Å². The van der Waals surface area contributed by atoms with E-state index < -0.39 is 0 Å². The predicted molar refractivity (Wildman–Crippen MR) is 112 cm³/mol. The van der Waals surface area contributed by atoms with E-state index in [1.54, 1.807) is 12.1 Å². The highest BCUT2D eigenvalue weighted by Gasteiger charge is 2.16. The Morgan fingerprint density at radius 1 is 0.893 bits per heavy atom. The standard InChI is InChI=1S/C22H30N2O4/c1-4-26-19-15-18(16-20(27-5-2)21(19)28-6-3)24-22(25)23-14-10-13-17-11-8-7-9-12-17/h7-9,11-12,15-16H,4-6,10,13-14H2,1-3H3,(H2,23,24,25). The maximum absolute atomic E-state index is 12.2. The molecule has 0 spiro atoms. The first-order chi connectivity index (χ1) is 13.7. The van der Waals surface area contributed by atoms with E-state index >= 15 is 0 Å². The number of anilines is 1. The average molecular weight is 386 g/mol. The molecule has 0 radical (unpaired) electrons. The first kappa shape index (κ1) is 21.4. The first-order valence-corrected chi connectivity index (χ1v) is 9.83. The molecule has 2 amide bonds. The van der Waals surface area contributed by atoms with Crippen molar-refractivity contribution in [1.29, 1.82) is 0 Å². The molecule has 0 aliphatic heterocycles. The van der Waals surface area contributed by atoms with Gasteiger partial charge in [-0.25, -0.2) is 4.79 Å². The number of hydrogen-bond acceptors (Lipinski definition) is 4. The number of carbonyl (C=O) groups excluding carboxylic acids is 1. The van der Waals surface area contributed by atoms with Crippen molar-refractivity contribution in [2.75, 3.05) is 31.7 Å². The Morgan fingerprint density at radius 3 is 2.07 bits per heavy atom. The van der Waals surface area contributed by atoms with Crippen LogP contribution in [0.4, 0.5) is 10.5 Å². The molecule has 152 valence electrons. The lowest BCUT2D eigenvalue weighted by Gasteiger charge is -2.17. The van der Waals surface area contributed by atoms with Crippen molar-refractivity contribution in [3.63, 3.8) is 0 Å². The highest BCUT2D eigenvalue weighted by molar-refractivity contribution is 5.90. The maximum Gasteiger partial charge on any atom is 0.319 e. The fourth-order valence-electron chi connectivity index (χ4n) is 2.78. The first-order valence-electron chi connectivity index (χ1n) is 9.83. The quantitative estimate of drug-likeness (QED) is 0.552. The van der Waals surface area contributed by atoms with Gasteiger partial charge in [-0.05, 0) is 39.2 Å². The molecular formula is C22H30N2O4. The van der Waals surface area contributed by atoms with E-state index in [2.05, 4.69) is 22.8 Å². The molecule has 2 aromatic carbocycles. The summed E-state index contributed by atoms with van der Waals surface area (Å²) >= 11 is 0. The molecule has 0 bridgehead atoms. The van der Waals surface area contributed by atoms with Crippen LogP contribution < -0.4 is 24.8 Å². The van der Waals surface area contributed by atoms with Crippen molar-refractivity contribution in [2.24, 2.45) is 0 Å². The van der Waals surface area contributed by atoms with Gasteiger partial charge < -0.3 is 24.8 Å². The molecule has 0 heterocycles. The minimum Gasteiger partial charge on any atom is -0.490 e. The number of rotatable bonds is 11. The molecule has 0 saturated carbocycles. The normalized spacial score (nSPS) is 10.2. The molecule has 0 unspecified atom stereocenters. The zero-order valence-corrected chi connectivity index (χ0v) is 16.9. The van der Waals surface area contributed by atoms with Gasteiger partial charge in [0.15, 0.2) is 11.5 Å². The molecule has 0 fully saturated rings. The summed E-state index contributed by atoms with van der Waals surface area (Å²) in [6.45, 7) is 7.76. The van der Waals surface area contributed by atoms with Crippen molar-refractivity contribution < 1.29 is 19.0 Å². The second kappa shape index (κ2) is 11.7. The van der Waals surface area contributed by atoms with Crippen LogP contribution in [0.2, 0.25) is 0 Å². The highest BCUT2D eigenvalue weighted by atomic mass is 16.5. The molecule has 2 N–H and O–H groups in total. The summed E-state index contributed by atoms with van der Waals surface area (Å²) in [7, 11) is 0. The number of nitrogens with one attached hydrogen (secondary N) is 2. The van der Waals surface area contributed by atoms with Crippen LogP contribution in [-0.4, -0.2) is 32.4 Å². The van der Waals surface area contributed by atoms with Gasteiger partial charge in [0.1, 0.15) is 0 Å².